The number of hydrogen-bond donors (Lipinski definition) is 1. The second kappa shape index (κ2) is 6.18. The molecule has 0 heterocycles. The molecule has 1 N–H and O–H groups in total. The van der Waals surface area contributed by atoms with Crippen molar-refractivity contribution in [3.05, 3.63) is 34.9 Å². The summed E-state index contributed by atoms with van der Waals surface area (Å²) in [7, 11) is -3.65. The molecule has 1 atom stereocenters. The van der Waals surface area contributed by atoms with Gasteiger partial charge in [-0.15, -0.1) is 0 Å². The van der Waals surface area contributed by atoms with Crippen LogP contribution in [0.4, 0.5) is 0 Å². The van der Waals surface area contributed by atoms with E-state index in [1.54, 1.807) is 38.1 Å². The summed E-state index contributed by atoms with van der Waals surface area (Å²) in [5, 5.41) is 9.34. The molecule has 0 fully saturated rings. The van der Waals surface area contributed by atoms with Crippen molar-refractivity contribution in [1.82, 2.24) is 0 Å². The second-order valence-electron chi connectivity index (χ2n) is 3.86. The first-order valence-corrected chi connectivity index (χ1v) is 7.67. The Bertz CT molecular complexity index is 420. The highest BCUT2D eigenvalue weighted by Gasteiger charge is 2.47. The third-order valence-corrected chi connectivity index (χ3v) is 5.30. The van der Waals surface area contributed by atoms with E-state index in [1.165, 1.54) is 6.92 Å². The predicted molar refractivity (Wildman–Crippen MR) is 71.9 cm³/mol. The average molecular weight is 293 g/mol. The van der Waals surface area contributed by atoms with Crippen LogP contribution in [0.25, 0.3) is 0 Å². The molecule has 0 amide bonds. The maximum Gasteiger partial charge on any atom is 0.366 e. The standard InChI is InChI=1S/C12H18ClO4P/c1-4-16-18(15,17-5-2)12(3,14)10-6-8-11(13)9-7-10/h6-9,14H,4-5H2,1-3H3. The number of benzene rings is 1. The van der Waals surface area contributed by atoms with Gasteiger partial charge in [-0.2, -0.15) is 0 Å². The largest absolute Gasteiger partial charge is 0.373 e. The minimum atomic E-state index is -3.65. The molecule has 1 unspecified atom stereocenters. The summed E-state index contributed by atoms with van der Waals surface area (Å²) in [6, 6.07) is 6.45. The van der Waals surface area contributed by atoms with Crippen LogP contribution in [0.5, 0.6) is 0 Å². The van der Waals surface area contributed by atoms with Gasteiger partial charge >= 0.3 is 7.60 Å². The lowest BCUT2D eigenvalue weighted by Crippen LogP contribution is -2.24. The number of rotatable bonds is 6. The van der Waals surface area contributed by atoms with Gasteiger partial charge in [0.05, 0.1) is 13.2 Å². The van der Waals surface area contributed by atoms with E-state index < -0.39 is 12.9 Å². The normalized spacial score (nSPS) is 15.4. The predicted octanol–water partition coefficient (Wildman–Crippen LogP) is 3.77. The highest BCUT2D eigenvalue weighted by Crippen LogP contribution is 2.63. The van der Waals surface area contributed by atoms with Crippen molar-refractivity contribution in [3.8, 4) is 0 Å². The van der Waals surface area contributed by atoms with Gasteiger partial charge < -0.3 is 14.2 Å². The Labute approximate surface area is 112 Å². The molecule has 102 valence electrons. The van der Waals surface area contributed by atoms with Gasteiger partial charge in [-0.25, -0.2) is 0 Å². The number of hydrogen-bond acceptors (Lipinski definition) is 4. The number of halogens is 1. The highest BCUT2D eigenvalue weighted by molar-refractivity contribution is 7.54. The van der Waals surface area contributed by atoms with Gasteiger partial charge in [-0.3, -0.25) is 4.57 Å². The van der Waals surface area contributed by atoms with E-state index in [-0.39, 0.29) is 13.2 Å². The summed E-state index contributed by atoms with van der Waals surface area (Å²) in [6.07, 6.45) is 0. The molecule has 18 heavy (non-hydrogen) atoms. The molecule has 1 aromatic carbocycles. The monoisotopic (exact) mass is 292 g/mol. The van der Waals surface area contributed by atoms with E-state index in [9.17, 15) is 9.67 Å². The Hall–Kier alpha value is -0.380. The lowest BCUT2D eigenvalue weighted by Gasteiger charge is -2.31. The zero-order chi connectivity index (χ0) is 13.8. The Balaban J connectivity index is 3.15. The van der Waals surface area contributed by atoms with Crippen LogP contribution in [-0.2, 0) is 19.0 Å². The summed E-state index contributed by atoms with van der Waals surface area (Å²) >= 11 is 5.79. The van der Waals surface area contributed by atoms with Crippen LogP contribution in [0, 0.1) is 0 Å². The molecule has 0 aliphatic rings. The third kappa shape index (κ3) is 3.14. The van der Waals surface area contributed by atoms with Crippen LogP contribution in [0.1, 0.15) is 26.3 Å². The lowest BCUT2D eigenvalue weighted by molar-refractivity contribution is 0.0802. The van der Waals surface area contributed by atoms with Crippen LogP contribution in [0.2, 0.25) is 5.02 Å². The van der Waals surface area contributed by atoms with E-state index in [1.807, 2.05) is 0 Å². The molecule has 1 rings (SSSR count). The van der Waals surface area contributed by atoms with Crippen molar-refractivity contribution in [2.24, 2.45) is 0 Å². The molecule has 4 nitrogen and oxygen atoms in total. The van der Waals surface area contributed by atoms with Crippen molar-refractivity contribution in [3.63, 3.8) is 0 Å². The van der Waals surface area contributed by atoms with Crippen LogP contribution in [0.3, 0.4) is 0 Å². The molecular weight excluding hydrogens is 275 g/mol. The summed E-state index contributed by atoms with van der Waals surface area (Å²) in [4.78, 5) is 0. The zero-order valence-corrected chi connectivity index (χ0v) is 12.4. The summed E-state index contributed by atoms with van der Waals surface area (Å²) in [5.74, 6) is 0. The Morgan fingerprint density at radius 1 is 1.22 bits per heavy atom. The van der Waals surface area contributed by atoms with E-state index in [4.69, 9.17) is 20.6 Å². The van der Waals surface area contributed by atoms with Gasteiger partial charge in [0.1, 0.15) is 0 Å². The first-order valence-electron chi connectivity index (χ1n) is 5.75. The third-order valence-electron chi connectivity index (χ3n) is 2.52. The van der Waals surface area contributed by atoms with Gasteiger partial charge in [-0.1, -0.05) is 23.7 Å². The Morgan fingerprint density at radius 3 is 2.06 bits per heavy atom. The summed E-state index contributed by atoms with van der Waals surface area (Å²) in [6.45, 7) is 5.21. The first-order chi connectivity index (χ1) is 8.37. The molecule has 6 heteroatoms. The molecule has 0 aliphatic carbocycles. The van der Waals surface area contributed by atoms with Crippen molar-refractivity contribution in [2.75, 3.05) is 13.2 Å². The van der Waals surface area contributed by atoms with Gasteiger partial charge in [0.15, 0.2) is 5.34 Å². The van der Waals surface area contributed by atoms with Crippen molar-refractivity contribution < 1.29 is 18.7 Å². The van der Waals surface area contributed by atoms with Crippen molar-refractivity contribution in [2.45, 2.75) is 26.1 Å². The molecule has 0 bridgehead atoms. The van der Waals surface area contributed by atoms with E-state index >= 15 is 0 Å². The Morgan fingerprint density at radius 2 is 1.67 bits per heavy atom. The van der Waals surface area contributed by atoms with Crippen LogP contribution < -0.4 is 0 Å². The van der Waals surface area contributed by atoms with E-state index in [0.717, 1.165) is 0 Å². The fraction of sp³-hybridized carbons (Fsp3) is 0.500. The molecule has 0 saturated carbocycles. The van der Waals surface area contributed by atoms with E-state index in [2.05, 4.69) is 0 Å². The molecule has 1 aromatic rings. The lowest BCUT2D eigenvalue weighted by atomic mass is 10.1. The second-order valence-corrected chi connectivity index (χ2v) is 6.68. The zero-order valence-electron chi connectivity index (χ0n) is 10.7. The van der Waals surface area contributed by atoms with Gasteiger partial charge in [0, 0.05) is 5.02 Å². The van der Waals surface area contributed by atoms with Gasteiger partial charge in [0.2, 0.25) is 0 Å². The molecule has 0 saturated heterocycles. The summed E-state index contributed by atoms with van der Waals surface area (Å²) < 4.78 is 22.9. The fourth-order valence-corrected chi connectivity index (χ4v) is 3.40. The topological polar surface area (TPSA) is 55.8 Å². The van der Waals surface area contributed by atoms with Crippen LogP contribution >= 0.6 is 19.2 Å². The maximum absolute atomic E-state index is 12.6. The minimum absolute atomic E-state index is 0.195. The first kappa shape index (κ1) is 15.7. The highest BCUT2D eigenvalue weighted by atomic mass is 35.5. The smallest absolute Gasteiger partial charge is 0.366 e. The minimum Gasteiger partial charge on any atom is -0.373 e. The molecule has 0 spiro atoms. The van der Waals surface area contributed by atoms with Crippen molar-refractivity contribution >= 4 is 19.2 Å². The number of aliphatic hydroxyl groups is 1. The maximum atomic E-state index is 12.6. The van der Waals surface area contributed by atoms with Gasteiger partial charge in [0.25, 0.3) is 0 Å². The molecular formula is C12H18ClO4P. The van der Waals surface area contributed by atoms with Gasteiger partial charge in [-0.05, 0) is 38.5 Å². The summed E-state index contributed by atoms with van der Waals surface area (Å²) in [5.41, 5.74) is 0.442. The molecule has 0 radical (unpaired) electrons. The molecule has 0 aromatic heterocycles. The van der Waals surface area contributed by atoms with Crippen LogP contribution in [-0.4, -0.2) is 18.3 Å². The Kier molecular flexibility index (Phi) is 5.38. The SMILES string of the molecule is CCOP(=O)(OCC)C(C)(O)c1ccc(Cl)cc1. The fourth-order valence-electron chi connectivity index (χ4n) is 1.55. The average Bonchev–Trinajstić information content (AvgIpc) is 2.30. The quantitative estimate of drug-likeness (QED) is 0.811. The van der Waals surface area contributed by atoms with Crippen molar-refractivity contribution in [1.29, 1.82) is 0 Å². The van der Waals surface area contributed by atoms with E-state index in [0.29, 0.717) is 10.6 Å². The van der Waals surface area contributed by atoms with Crippen LogP contribution in [0.15, 0.2) is 24.3 Å². The molecule has 0 aliphatic heterocycles.